The van der Waals surface area contributed by atoms with Gasteiger partial charge in [-0.25, -0.2) is 0 Å². The van der Waals surface area contributed by atoms with Crippen molar-refractivity contribution in [2.24, 2.45) is 0 Å². The second-order valence-electron chi connectivity index (χ2n) is 5.25. The van der Waals surface area contributed by atoms with Crippen LogP contribution in [0.4, 0.5) is 0 Å². The molecule has 0 fully saturated rings. The van der Waals surface area contributed by atoms with E-state index in [1.165, 1.54) is 51.4 Å². The Morgan fingerprint density at radius 3 is 1.63 bits per heavy atom. The zero-order valence-electron chi connectivity index (χ0n) is 12.5. The maximum Gasteiger partial charge on any atom is 0.0809 e. The minimum atomic E-state index is -1.07. The van der Waals surface area contributed by atoms with Gasteiger partial charge < -0.3 is 10.2 Å². The summed E-state index contributed by atoms with van der Waals surface area (Å²) in [5.41, 5.74) is 0. The smallest absolute Gasteiger partial charge is 0.0809 e. The predicted molar refractivity (Wildman–Crippen MR) is 82.8 cm³/mol. The minimum Gasteiger partial charge on any atom is -0.395 e. The zero-order chi connectivity index (χ0) is 14.3. The Morgan fingerprint density at radius 1 is 0.789 bits per heavy atom. The molecule has 0 saturated heterocycles. The first-order valence-corrected chi connectivity index (χ1v) is 9.23. The molecule has 0 aromatic carbocycles. The molecule has 0 radical (unpaired) electrons. The summed E-state index contributed by atoms with van der Waals surface area (Å²) in [5, 5.41) is 17.4. The Bertz CT molecular complexity index is 206. The van der Waals surface area contributed by atoms with Gasteiger partial charge in [0.1, 0.15) is 0 Å². The first-order chi connectivity index (χ1) is 9.26. The molecule has 19 heavy (non-hydrogen) atoms. The van der Waals surface area contributed by atoms with E-state index in [0.717, 1.165) is 12.8 Å². The van der Waals surface area contributed by atoms with Gasteiger partial charge in [0.15, 0.2) is 0 Å². The van der Waals surface area contributed by atoms with Crippen LogP contribution in [0.3, 0.4) is 0 Å². The molecule has 0 bridgehead atoms. The Labute approximate surface area is 121 Å². The topological polar surface area (TPSA) is 57.5 Å². The van der Waals surface area contributed by atoms with Crippen molar-refractivity contribution in [1.82, 2.24) is 0 Å². The molecule has 4 heteroatoms. The van der Waals surface area contributed by atoms with Gasteiger partial charge in [0.05, 0.1) is 18.5 Å². The van der Waals surface area contributed by atoms with E-state index in [4.69, 9.17) is 10.2 Å². The van der Waals surface area contributed by atoms with Crippen LogP contribution in [-0.2, 0) is 10.8 Å². The normalized spacial score (nSPS) is 13.1. The lowest BCUT2D eigenvalue weighted by Crippen LogP contribution is -2.25. The summed E-state index contributed by atoms with van der Waals surface area (Å²) in [6.45, 7) is 1.88. The fourth-order valence-electron chi connectivity index (χ4n) is 2.12. The Hall–Kier alpha value is 0.0700. The highest BCUT2D eigenvalue weighted by atomic mass is 32.2. The van der Waals surface area contributed by atoms with Crippen LogP contribution in [-0.4, -0.2) is 38.6 Å². The second-order valence-corrected chi connectivity index (χ2v) is 7.09. The summed E-state index contributed by atoms with van der Waals surface area (Å²) >= 11 is 0. The van der Waals surface area contributed by atoms with Crippen LogP contribution in [0, 0.1) is 0 Å². The summed E-state index contributed by atoms with van der Waals surface area (Å²) in [4.78, 5) is 0. The maximum atomic E-state index is 11.6. The lowest BCUT2D eigenvalue weighted by Gasteiger charge is -2.10. The van der Waals surface area contributed by atoms with Gasteiger partial charge in [-0.2, -0.15) is 0 Å². The van der Waals surface area contributed by atoms with Crippen LogP contribution in [0.5, 0.6) is 0 Å². The number of aliphatic hydroxyl groups excluding tert-OH is 2. The summed E-state index contributed by atoms with van der Waals surface area (Å²) < 4.78 is 11.6. The lowest BCUT2D eigenvalue weighted by atomic mass is 10.1. The molecule has 3 nitrogen and oxygen atoms in total. The highest BCUT2D eigenvalue weighted by molar-refractivity contribution is 7.85. The second kappa shape index (κ2) is 14.5. The first kappa shape index (κ1) is 19.1. The molecule has 116 valence electrons. The van der Waals surface area contributed by atoms with E-state index in [9.17, 15) is 4.21 Å². The van der Waals surface area contributed by atoms with Crippen LogP contribution in [0.1, 0.15) is 71.1 Å². The molecule has 0 saturated carbocycles. The summed E-state index contributed by atoms with van der Waals surface area (Å²) in [6, 6.07) is 0. The van der Waals surface area contributed by atoms with Crippen molar-refractivity contribution < 1.29 is 14.4 Å². The summed E-state index contributed by atoms with van der Waals surface area (Å²) in [5.74, 6) is 0.613. The van der Waals surface area contributed by atoms with Crippen LogP contribution in [0.2, 0.25) is 0 Å². The molecule has 1 atom stereocenters. The summed E-state index contributed by atoms with van der Waals surface area (Å²) in [6.07, 6.45) is 12.6. The Kier molecular flexibility index (Phi) is 14.5. The van der Waals surface area contributed by atoms with E-state index in [-0.39, 0.29) is 13.2 Å². The SMILES string of the molecule is CCCCCCCCCCCCS(=O)C(CO)CO. The van der Waals surface area contributed by atoms with Gasteiger partial charge in [-0.3, -0.25) is 4.21 Å². The number of hydrogen-bond donors (Lipinski definition) is 2. The van der Waals surface area contributed by atoms with Gasteiger partial charge in [0, 0.05) is 16.6 Å². The van der Waals surface area contributed by atoms with Gasteiger partial charge >= 0.3 is 0 Å². The number of aliphatic hydroxyl groups is 2. The molecule has 0 aliphatic heterocycles. The van der Waals surface area contributed by atoms with Crippen molar-refractivity contribution in [3.63, 3.8) is 0 Å². The molecule has 0 aliphatic carbocycles. The van der Waals surface area contributed by atoms with Gasteiger partial charge in [0.2, 0.25) is 0 Å². The average Bonchev–Trinajstić information content (AvgIpc) is 2.42. The fourth-order valence-corrected chi connectivity index (χ4v) is 3.28. The van der Waals surface area contributed by atoms with Gasteiger partial charge in [-0.1, -0.05) is 64.7 Å². The molecule has 0 aromatic rings. The lowest BCUT2D eigenvalue weighted by molar-refractivity contribution is 0.226. The molecular weight excluding hydrogens is 260 g/mol. The van der Waals surface area contributed by atoms with Gasteiger partial charge in [-0.15, -0.1) is 0 Å². The molecule has 0 aromatic heterocycles. The molecule has 0 rings (SSSR count). The van der Waals surface area contributed by atoms with E-state index in [2.05, 4.69) is 6.92 Å². The van der Waals surface area contributed by atoms with Crippen LogP contribution < -0.4 is 0 Å². The summed E-state index contributed by atoms with van der Waals surface area (Å²) in [7, 11) is -1.07. The Morgan fingerprint density at radius 2 is 1.21 bits per heavy atom. The maximum absolute atomic E-state index is 11.6. The van der Waals surface area contributed by atoms with Crippen molar-refractivity contribution in [3.8, 4) is 0 Å². The molecule has 0 heterocycles. The van der Waals surface area contributed by atoms with Crippen LogP contribution in [0.15, 0.2) is 0 Å². The average molecular weight is 292 g/mol. The largest absolute Gasteiger partial charge is 0.395 e. The van der Waals surface area contributed by atoms with Crippen molar-refractivity contribution in [2.45, 2.75) is 76.4 Å². The van der Waals surface area contributed by atoms with Crippen molar-refractivity contribution in [1.29, 1.82) is 0 Å². The van der Waals surface area contributed by atoms with E-state index in [1.807, 2.05) is 0 Å². The number of rotatable bonds is 14. The Balaban J connectivity index is 3.24. The van der Waals surface area contributed by atoms with E-state index in [0.29, 0.717) is 5.75 Å². The van der Waals surface area contributed by atoms with Crippen molar-refractivity contribution in [3.05, 3.63) is 0 Å². The molecule has 0 aliphatic rings. The minimum absolute atomic E-state index is 0.180. The van der Waals surface area contributed by atoms with Gasteiger partial charge in [-0.05, 0) is 6.42 Å². The number of unbranched alkanes of at least 4 members (excludes halogenated alkanes) is 9. The van der Waals surface area contributed by atoms with Crippen molar-refractivity contribution >= 4 is 10.8 Å². The molecule has 0 amide bonds. The van der Waals surface area contributed by atoms with E-state index >= 15 is 0 Å². The molecule has 1 unspecified atom stereocenters. The van der Waals surface area contributed by atoms with E-state index in [1.54, 1.807) is 0 Å². The third-order valence-corrected chi connectivity index (χ3v) is 5.21. The van der Waals surface area contributed by atoms with Gasteiger partial charge in [0.25, 0.3) is 0 Å². The zero-order valence-corrected chi connectivity index (χ0v) is 13.3. The highest BCUT2D eigenvalue weighted by Gasteiger charge is 2.13. The number of hydrogen-bond acceptors (Lipinski definition) is 3. The molecular formula is C15H32O3S. The fraction of sp³-hybridized carbons (Fsp3) is 1.00. The third-order valence-electron chi connectivity index (χ3n) is 3.48. The van der Waals surface area contributed by atoms with Crippen LogP contribution >= 0.6 is 0 Å². The third kappa shape index (κ3) is 11.6. The highest BCUT2D eigenvalue weighted by Crippen LogP contribution is 2.11. The molecule has 0 spiro atoms. The molecule has 2 N–H and O–H groups in total. The quantitative estimate of drug-likeness (QED) is 0.484. The standard InChI is InChI=1S/C15H32O3S/c1-2-3-4-5-6-7-8-9-10-11-12-19(18)15(13-16)14-17/h15-17H,2-14H2,1H3. The van der Waals surface area contributed by atoms with E-state index < -0.39 is 16.0 Å². The monoisotopic (exact) mass is 292 g/mol. The van der Waals surface area contributed by atoms with Crippen molar-refractivity contribution in [2.75, 3.05) is 19.0 Å². The van der Waals surface area contributed by atoms with Crippen LogP contribution in [0.25, 0.3) is 0 Å². The predicted octanol–water partition coefficient (Wildman–Crippen LogP) is 3.01. The first-order valence-electron chi connectivity index (χ1n) is 7.85.